The molecule has 1 saturated heterocycles. The highest BCUT2D eigenvalue weighted by molar-refractivity contribution is 7.89. The lowest BCUT2D eigenvalue weighted by atomic mass is 10.1. The van der Waals surface area contributed by atoms with Gasteiger partial charge in [-0.05, 0) is 32.0 Å². The number of halogens is 2. The van der Waals surface area contributed by atoms with E-state index in [1.54, 1.807) is 19.1 Å². The molecule has 0 amide bonds. The second-order valence-corrected chi connectivity index (χ2v) is 10.0. The maximum atomic E-state index is 15.6. The summed E-state index contributed by atoms with van der Waals surface area (Å²) in [7, 11) is -3.75. The molecule has 0 saturated carbocycles. The Labute approximate surface area is 194 Å². The molecule has 0 radical (unpaired) electrons. The number of aromatic carboxylic acids is 1. The fourth-order valence-electron chi connectivity index (χ4n) is 4.18. The predicted octanol–water partition coefficient (Wildman–Crippen LogP) is 2.82. The lowest BCUT2D eigenvalue weighted by Gasteiger charge is -2.35. The van der Waals surface area contributed by atoms with E-state index < -0.39 is 38.6 Å². The molecule has 3 aromatic rings. The number of carboxylic acids is 1. The number of benzene rings is 2. The quantitative estimate of drug-likeness (QED) is 0.589. The van der Waals surface area contributed by atoms with E-state index in [0.717, 1.165) is 17.8 Å². The third-order valence-corrected chi connectivity index (χ3v) is 7.93. The Bertz CT molecular complexity index is 1440. The standard InChI is InChI=1S/C23H23F2N3O5S/c1-3-26-13-17(23(30)31)22(29)16-12-18(24)21(19(25)20(16)26)27-8-10-28(11-9-27)34(32,33)15-6-4-14(2)5-7-15/h4-7,12-13H,3,8-11H2,1-2H3,(H,30,31). The number of aromatic nitrogens is 1. The van der Waals surface area contributed by atoms with Crippen LogP contribution >= 0.6 is 0 Å². The minimum atomic E-state index is -3.75. The van der Waals surface area contributed by atoms with Crippen LogP contribution in [0, 0.1) is 18.6 Å². The van der Waals surface area contributed by atoms with Crippen LogP contribution in [-0.2, 0) is 16.6 Å². The highest BCUT2D eigenvalue weighted by atomic mass is 32.2. The van der Waals surface area contributed by atoms with Crippen molar-refractivity contribution in [3.05, 3.63) is 69.5 Å². The van der Waals surface area contributed by atoms with Crippen molar-refractivity contribution >= 4 is 32.6 Å². The normalized spacial score (nSPS) is 15.1. The first kappa shape index (κ1) is 23.8. The van der Waals surface area contributed by atoms with E-state index in [1.165, 1.54) is 25.9 Å². The number of piperazine rings is 1. The molecule has 1 N–H and O–H groups in total. The molecule has 11 heteroatoms. The molecule has 2 aromatic carbocycles. The Morgan fingerprint density at radius 2 is 1.71 bits per heavy atom. The number of anilines is 1. The summed E-state index contributed by atoms with van der Waals surface area (Å²) in [6.07, 6.45) is 1.05. The van der Waals surface area contributed by atoms with E-state index in [-0.39, 0.29) is 54.2 Å². The van der Waals surface area contributed by atoms with Crippen molar-refractivity contribution in [3.8, 4) is 0 Å². The van der Waals surface area contributed by atoms with Gasteiger partial charge in [-0.25, -0.2) is 22.0 Å². The zero-order valence-corrected chi connectivity index (χ0v) is 19.4. The second-order valence-electron chi connectivity index (χ2n) is 8.08. The van der Waals surface area contributed by atoms with Gasteiger partial charge in [-0.1, -0.05) is 17.7 Å². The SMILES string of the molecule is CCn1cc(C(=O)O)c(=O)c2cc(F)c(N3CCN(S(=O)(=O)c4ccc(C)cc4)CC3)c(F)c21. The summed E-state index contributed by atoms with van der Waals surface area (Å²) >= 11 is 0. The van der Waals surface area contributed by atoms with E-state index in [9.17, 15) is 23.1 Å². The van der Waals surface area contributed by atoms with E-state index in [0.29, 0.717) is 0 Å². The van der Waals surface area contributed by atoms with Crippen LogP contribution in [0.2, 0.25) is 0 Å². The summed E-state index contributed by atoms with van der Waals surface area (Å²) in [4.78, 5) is 25.5. The molecule has 4 rings (SSSR count). The molecule has 180 valence electrons. The van der Waals surface area contributed by atoms with Crippen molar-refractivity contribution < 1.29 is 27.1 Å². The molecule has 0 aliphatic carbocycles. The highest BCUT2D eigenvalue weighted by Gasteiger charge is 2.31. The van der Waals surface area contributed by atoms with Crippen LogP contribution < -0.4 is 10.3 Å². The Balaban J connectivity index is 1.69. The third-order valence-electron chi connectivity index (χ3n) is 6.01. The van der Waals surface area contributed by atoms with Gasteiger partial charge in [0.15, 0.2) is 5.82 Å². The summed E-state index contributed by atoms with van der Waals surface area (Å²) in [5.74, 6) is -3.48. The topological polar surface area (TPSA) is 99.9 Å². The minimum absolute atomic E-state index is 0.0195. The van der Waals surface area contributed by atoms with Crippen molar-refractivity contribution in [2.24, 2.45) is 0 Å². The molecule has 0 spiro atoms. The van der Waals surface area contributed by atoms with Crippen LogP contribution in [0.25, 0.3) is 10.9 Å². The monoisotopic (exact) mass is 491 g/mol. The smallest absolute Gasteiger partial charge is 0.341 e. The molecule has 8 nitrogen and oxygen atoms in total. The van der Waals surface area contributed by atoms with Gasteiger partial charge in [-0.15, -0.1) is 0 Å². The van der Waals surface area contributed by atoms with E-state index in [4.69, 9.17) is 0 Å². The number of pyridine rings is 1. The number of carboxylic acid groups (broad SMARTS) is 1. The van der Waals surface area contributed by atoms with Crippen molar-refractivity contribution in [2.45, 2.75) is 25.3 Å². The first-order valence-corrected chi connectivity index (χ1v) is 12.1. The minimum Gasteiger partial charge on any atom is -0.477 e. The number of hydrogen-bond donors (Lipinski definition) is 1. The Morgan fingerprint density at radius 3 is 2.26 bits per heavy atom. The van der Waals surface area contributed by atoms with Crippen molar-refractivity contribution in [1.82, 2.24) is 8.87 Å². The second kappa shape index (κ2) is 8.80. The van der Waals surface area contributed by atoms with Gasteiger partial charge in [0.25, 0.3) is 0 Å². The molecule has 1 aliphatic heterocycles. The van der Waals surface area contributed by atoms with E-state index in [2.05, 4.69) is 0 Å². The van der Waals surface area contributed by atoms with Crippen molar-refractivity contribution in [2.75, 3.05) is 31.1 Å². The average molecular weight is 492 g/mol. The summed E-state index contributed by atoms with van der Waals surface area (Å²) in [5, 5.41) is 8.91. The molecule has 34 heavy (non-hydrogen) atoms. The molecule has 1 aromatic heterocycles. The van der Waals surface area contributed by atoms with Crippen LogP contribution in [0.3, 0.4) is 0 Å². The Hall–Kier alpha value is -3.31. The number of aryl methyl sites for hydroxylation is 2. The first-order chi connectivity index (χ1) is 16.1. The number of carbonyl (C=O) groups is 1. The average Bonchev–Trinajstić information content (AvgIpc) is 2.80. The Kier molecular flexibility index (Phi) is 6.17. The zero-order chi connectivity index (χ0) is 24.8. The summed E-state index contributed by atoms with van der Waals surface area (Å²) < 4.78 is 59.0. The summed E-state index contributed by atoms with van der Waals surface area (Å²) in [6.45, 7) is 3.76. The van der Waals surface area contributed by atoms with Gasteiger partial charge in [0.05, 0.1) is 15.8 Å². The molecular formula is C23H23F2N3O5S. The molecule has 2 heterocycles. The lowest BCUT2D eigenvalue weighted by molar-refractivity contribution is 0.0694. The van der Waals surface area contributed by atoms with Crippen molar-refractivity contribution in [1.29, 1.82) is 0 Å². The highest BCUT2D eigenvalue weighted by Crippen LogP contribution is 2.31. The molecular weight excluding hydrogens is 468 g/mol. The van der Waals surface area contributed by atoms with Gasteiger partial charge in [-0.3, -0.25) is 4.79 Å². The zero-order valence-electron chi connectivity index (χ0n) is 18.6. The van der Waals surface area contributed by atoms with E-state index >= 15 is 8.78 Å². The number of sulfonamides is 1. The summed E-state index contributed by atoms with van der Waals surface area (Å²) in [6, 6.07) is 7.30. The third kappa shape index (κ3) is 3.94. The van der Waals surface area contributed by atoms with Crippen LogP contribution in [0.1, 0.15) is 22.8 Å². The fourth-order valence-corrected chi connectivity index (χ4v) is 5.60. The molecule has 0 atom stereocenters. The largest absolute Gasteiger partial charge is 0.477 e. The van der Waals surface area contributed by atoms with Gasteiger partial charge in [0, 0.05) is 38.9 Å². The van der Waals surface area contributed by atoms with Crippen molar-refractivity contribution in [3.63, 3.8) is 0 Å². The molecule has 0 bridgehead atoms. The lowest BCUT2D eigenvalue weighted by Crippen LogP contribution is -2.49. The first-order valence-electron chi connectivity index (χ1n) is 10.7. The molecule has 0 unspecified atom stereocenters. The van der Waals surface area contributed by atoms with Gasteiger partial charge < -0.3 is 14.6 Å². The van der Waals surface area contributed by atoms with Gasteiger partial charge in [0.1, 0.15) is 17.1 Å². The number of rotatable bonds is 5. The van der Waals surface area contributed by atoms with Crippen LogP contribution in [0.5, 0.6) is 0 Å². The van der Waals surface area contributed by atoms with Crippen LogP contribution in [-0.4, -0.2) is 54.5 Å². The van der Waals surface area contributed by atoms with Gasteiger partial charge >= 0.3 is 5.97 Å². The molecule has 1 fully saturated rings. The number of nitrogens with zero attached hydrogens (tertiary/aromatic N) is 3. The maximum absolute atomic E-state index is 15.6. The molecule has 1 aliphatic rings. The van der Waals surface area contributed by atoms with Crippen LogP contribution in [0.15, 0.2) is 46.2 Å². The number of hydrogen-bond acceptors (Lipinski definition) is 5. The predicted molar refractivity (Wildman–Crippen MR) is 123 cm³/mol. The fraction of sp³-hybridized carbons (Fsp3) is 0.304. The van der Waals surface area contributed by atoms with Gasteiger partial charge in [0.2, 0.25) is 15.5 Å². The number of fused-ring (bicyclic) bond motifs is 1. The maximum Gasteiger partial charge on any atom is 0.341 e. The van der Waals surface area contributed by atoms with E-state index in [1.807, 2.05) is 6.92 Å². The van der Waals surface area contributed by atoms with Crippen LogP contribution in [0.4, 0.5) is 14.5 Å². The summed E-state index contributed by atoms with van der Waals surface area (Å²) in [5.41, 5.74) is -1.18. The Morgan fingerprint density at radius 1 is 1.09 bits per heavy atom. The van der Waals surface area contributed by atoms with Gasteiger partial charge in [-0.2, -0.15) is 4.31 Å².